The highest BCUT2D eigenvalue weighted by molar-refractivity contribution is 6.31. The van der Waals surface area contributed by atoms with Crippen LogP contribution in [0.2, 0.25) is 5.02 Å². The molecule has 0 atom stereocenters. The molecule has 10 heteroatoms. The fourth-order valence-electron chi connectivity index (χ4n) is 1.80. The van der Waals surface area contributed by atoms with Crippen LogP contribution in [0, 0.1) is 0 Å². The largest absolute Gasteiger partial charge is 0.495 e. The van der Waals surface area contributed by atoms with Gasteiger partial charge in [0.2, 0.25) is 5.91 Å². The van der Waals surface area contributed by atoms with E-state index in [1.807, 2.05) is 0 Å². The van der Waals surface area contributed by atoms with Crippen LogP contribution >= 0.6 is 11.6 Å². The van der Waals surface area contributed by atoms with Gasteiger partial charge in [0.1, 0.15) is 12.3 Å². The summed E-state index contributed by atoms with van der Waals surface area (Å²) in [6.45, 7) is 1.77. The van der Waals surface area contributed by atoms with Crippen molar-refractivity contribution in [3.63, 3.8) is 0 Å². The Hall–Kier alpha value is -2.81. The molecular formula is C14H16ClN5O4. The van der Waals surface area contributed by atoms with E-state index in [9.17, 15) is 9.59 Å². The molecule has 0 spiro atoms. The van der Waals surface area contributed by atoms with Crippen molar-refractivity contribution in [3.05, 3.63) is 29.4 Å². The monoisotopic (exact) mass is 353 g/mol. The van der Waals surface area contributed by atoms with Crippen molar-refractivity contribution in [1.82, 2.24) is 15.0 Å². The van der Waals surface area contributed by atoms with E-state index in [1.54, 1.807) is 25.1 Å². The van der Waals surface area contributed by atoms with Gasteiger partial charge in [-0.05, 0) is 25.1 Å². The van der Waals surface area contributed by atoms with E-state index in [4.69, 9.17) is 21.1 Å². The molecule has 9 nitrogen and oxygen atoms in total. The summed E-state index contributed by atoms with van der Waals surface area (Å²) in [6, 6.07) is 4.87. The SMILES string of the molecule is CCOC(=O)Nc1cnn(CC(=O)Nc2cc(Cl)ccc2OC)n1. The maximum absolute atomic E-state index is 12.1. The number of benzene rings is 1. The summed E-state index contributed by atoms with van der Waals surface area (Å²) < 4.78 is 9.87. The molecule has 128 valence electrons. The van der Waals surface area contributed by atoms with Crippen LogP contribution < -0.4 is 15.4 Å². The number of anilines is 2. The number of rotatable bonds is 6. The molecule has 1 aromatic carbocycles. The molecule has 0 radical (unpaired) electrons. The summed E-state index contributed by atoms with van der Waals surface area (Å²) in [7, 11) is 1.49. The van der Waals surface area contributed by atoms with E-state index < -0.39 is 6.09 Å². The summed E-state index contributed by atoms with van der Waals surface area (Å²) in [5.41, 5.74) is 0.437. The van der Waals surface area contributed by atoms with Crippen molar-refractivity contribution in [2.24, 2.45) is 0 Å². The maximum atomic E-state index is 12.1. The molecule has 0 saturated carbocycles. The number of ether oxygens (including phenoxy) is 2. The fraction of sp³-hybridized carbons (Fsp3) is 0.286. The van der Waals surface area contributed by atoms with Gasteiger partial charge in [-0.3, -0.25) is 10.1 Å². The lowest BCUT2D eigenvalue weighted by Crippen LogP contribution is -2.21. The number of nitrogens with one attached hydrogen (secondary N) is 2. The first kappa shape index (κ1) is 17.5. The summed E-state index contributed by atoms with van der Waals surface area (Å²) in [5.74, 6) is 0.279. The van der Waals surface area contributed by atoms with Gasteiger partial charge in [0.25, 0.3) is 0 Å². The lowest BCUT2D eigenvalue weighted by Gasteiger charge is -2.10. The van der Waals surface area contributed by atoms with Crippen LogP contribution in [0.3, 0.4) is 0 Å². The summed E-state index contributed by atoms with van der Waals surface area (Å²) in [4.78, 5) is 24.5. The first-order valence-electron chi connectivity index (χ1n) is 6.99. The minimum absolute atomic E-state index is 0.153. The Balaban J connectivity index is 1.97. The molecule has 0 bridgehead atoms. The van der Waals surface area contributed by atoms with Crippen LogP contribution in [0.1, 0.15) is 6.92 Å². The van der Waals surface area contributed by atoms with Gasteiger partial charge in [-0.2, -0.15) is 9.90 Å². The Labute approximate surface area is 142 Å². The lowest BCUT2D eigenvalue weighted by molar-refractivity contribution is -0.117. The van der Waals surface area contributed by atoms with Crippen LogP contribution in [-0.4, -0.2) is 40.7 Å². The Kier molecular flexibility index (Phi) is 5.96. The Morgan fingerprint density at radius 2 is 2.12 bits per heavy atom. The van der Waals surface area contributed by atoms with E-state index >= 15 is 0 Å². The first-order valence-corrected chi connectivity index (χ1v) is 7.37. The van der Waals surface area contributed by atoms with Crippen molar-refractivity contribution in [3.8, 4) is 5.75 Å². The molecule has 0 aliphatic rings. The average molecular weight is 354 g/mol. The number of hydrogen-bond donors (Lipinski definition) is 2. The predicted octanol–water partition coefficient (Wildman–Crippen LogP) is 2.15. The normalized spacial score (nSPS) is 10.1. The average Bonchev–Trinajstić information content (AvgIpc) is 2.94. The second-order valence-corrected chi connectivity index (χ2v) is 4.93. The number of nitrogens with zero attached hydrogens (tertiary/aromatic N) is 3. The second-order valence-electron chi connectivity index (χ2n) is 4.50. The van der Waals surface area contributed by atoms with E-state index in [1.165, 1.54) is 13.3 Å². The molecule has 2 amide bonds. The topological polar surface area (TPSA) is 107 Å². The number of methoxy groups -OCH3 is 1. The number of carbonyl (C=O) groups excluding carboxylic acids is 2. The third kappa shape index (κ3) is 4.85. The molecule has 1 heterocycles. The predicted molar refractivity (Wildman–Crippen MR) is 87.3 cm³/mol. The minimum atomic E-state index is -0.641. The molecule has 24 heavy (non-hydrogen) atoms. The van der Waals surface area contributed by atoms with Gasteiger partial charge in [-0.15, -0.1) is 5.10 Å². The molecule has 0 unspecified atom stereocenters. The highest BCUT2D eigenvalue weighted by atomic mass is 35.5. The van der Waals surface area contributed by atoms with Crippen molar-refractivity contribution >= 4 is 35.1 Å². The number of hydrogen-bond acceptors (Lipinski definition) is 6. The molecular weight excluding hydrogens is 338 g/mol. The standard InChI is InChI=1S/C14H16ClN5O4/c1-3-24-14(22)18-12-7-16-20(19-12)8-13(21)17-10-6-9(15)4-5-11(10)23-2/h4-7H,3,8H2,1-2H3,(H,17,21)(H,18,19,22). The van der Waals surface area contributed by atoms with E-state index in [0.717, 1.165) is 4.80 Å². The summed E-state index contributed by atoms with van der Waals surface area (Å²) >= 11 is 5.91. The molecule has 0 fully saturated rings. The zero-order valence-electron chi connectivity index (χ0n) is 13.1. The van der Waals surface area contributed by atoms with Crippen LogP contribution in [0.15, 0.2) is 24.4 Å². The third-order valence-corrected chi connectivity index (χ3v) is 3.00. The Morgan fingerprint density at radius 1 is 1.33 bits per heavy atom. The second kappa shape index (κ2) is 8.16. The lowest BCUT2D eigenvalue weighted by atomic mass is 10.3. The van der Waals surface area contributed by atoms with Crippen LogP contribution in [0.5, 0.6) is 5.75 Å². The highest BCUT2D eigenvalue weighted by Crippen LogP contribution is 2.27. The zero-order valence-corrected chi connectivity index (χ0v) is 13.8. The number of carbonyl (C=O) groups is 2. The van der Waals surface area contributed by atoms with Crippen LogP contribution in [0.4, 0.5) is 16.3 Å². The molecule has 2 N–H and O–H groups in total. The van der Waals surface area contributed by atoms with E-state index in [0.29, 0.717) is 16.5 Å². The highest BCUT2D eigenvalue weighted by Gasteiger charge is 2.11. The van der Waals surface area contributed by atoms with Gasteiger partial charge in [-0.25, -0.2) is 4.79 Å². The summed E-state index contributed by atoms with van der Waals surface area (Å²) in [6.07, 6.45) is 0.669. The van der Waals surface area contributed by atoms with Gasteiger partial charge in [0, 0.05) is 5.02 Å². The maximum Gasteiger partial charge on any atom is 0.412 e. The van der Waals surface area contributed by atoms with Gasteiger partial charge in [-0.1, -0.05) is 11.6 Å². The van der Waals surface area contributed by atoms with E-state index in [-0.39, 0.29) is 24.9 Å². The van der Waals surface area contributed by atoms with Crippen LogP contribution in [0.25, 0.3) is 0 Å². The first-order chi connectivity index (χ1) is 11.5. The fourth-order valence-corrected chi connectivity index (χ4v) is 1.97. The Bertz CT molecular complexity index is 734. The number of aromatic nitrogens is 3. The minimum Gasteiger partial charge on any atom is -0.495 e. The molecule has 2 rings (SSSR count). The Morgan fingerprint density at radius 3 is 2.83 bits per heavy atom. The molecule has 0 aliphatic carbocycles. The van der Waals surface area contributed by atoms with Gasteiger partial charge < -0.3 is 14.8 Å². The van der Waals surface area contributed by atoms with Crippen LogP contribution in [-0.2, 0) is 16.1 Å². The van der Waals surface area contributed by atoms with Gasteiger partial charge >= 0.3 is 6.09 Å². The smallest absolute Gasteiger partial charge is 0.412 e. The molecule has 2 aromatic rings. The summed E-state index contributed by atoms with van der Waals surface area (Å²) in [5, 5.41) is 13.3. The molecule has 1 aromatic heterocycles. The zero-order chi connectivity index (χ0) is 17.5. The quantitative estimate of drug-likeness (QED) is 0.823. The van der Waals surface area contributed by atoms with E-state index in [2.05, 4.69) is 20.8 Å². The molecule has 0 aliphatic heterocycles. The number of amides is 2. The van der Waals surface area contributed by atoms with Crippen molar-refractivity contribution in [1.29, 1.82) is 0 Å². The van der Waals surface area contributed by atoms with Gasteiger partial charge in [0.15, 0.2) is 5.82 Å². The van der Waals surface area contributed by atoms with Gasteiger partial charge in [0.05, 0.1) is 25.6 Å². The third-order valence-electron chi connectivity index (χ3n) is 2.76. The van der Waals surface area contributed by atoms with Crippen molar-refractivity contribution in [2.75, 3.05) is 24.4 Å². The van der Waals surface area contributed by atoms with Crippen molar-refractivity contribution < 1.29 is 19.1 Å². The number of halogens is 1. The van der Waals surface area contributed by atoms with Crippen molar-refractivity contribution in [2.45, 2.75) is 13.5 Å². The molecule has 0 saturated heterocycles.